The summed E-state index contributed by atoms with van der Waals surface area (Å²) in [6.45, 7) is 4.61. The Morgan fingerprint density at radius 1 is 1.30 bits per heavy atom. The van der Waals surface area contributed by atoms with Crippen LogP contribution in [-0.4, -0.2) is 58.6 Å². The third-order valence-corrected chi connectivity index (χ3v) is 6.39. The van der Waals surface area contributed by atoms with E-state index in [1.165, 1.54) is 18.5 Å². The van der Waals surface area contributed by atoms with Crippen molar-refractivity contribution in [2.24, 2.45) is 5.73 Å². The van der Waals surface area contributed by atoms with Gasteiger partial charge in [0.1, 0.15) is 24.2 Å². The summed E-state index contributed by atoms with van der Waals surface area (Å²) >= 11 is 5.83. The van der Waals surface area contributed by atoms with Gasteiger partial charge in [-0.2, -0.15) is 0 Å². The lowest BCUT2D eigenvalue weighted by atomic mass is 9.96. The summed E-state index contributed by atoms with van der Waals surface area (Å²) in [6, 6.07) is 4.28. The molecule has 2 unspecified atom stereocenters. The van der Waals surface area contributed by atoms with Gasteiger partial charge in [-0.25, -0.2) is 14.4 Å². The normalized spacial score (nSPS) is 23.8. The molecule has 1 aromatic carbocycles. The number of nitrogens with zero attached hydrogens (tertiary/aromatic N) is 4. The molecule has 1 fully saturated rings. The van der Waals surface area contributed by atoms with Crippen LogP contribution in [-0.2, 0) is 4.79 Å². The first-order valence-corrected chi connectivity index (χ1v) is 10.5. The highest BCUT2D eigenvalue weighted by molar-refractivity contribution is 6.30. The molecule has 0 radical (unpaired) electrons. The van der Waals surface area contributed by atoms with E-state index in [1.807, 2.05) is 4.90 Å². The molecule has 4 atom stereocenters. The van der Waals surface area contributed by atoms with Gasteiger partial charge in [0.2, 0.25) is 0 Å². The lowest BCUT2D eigenvalue weighted by Gasteiger charge is -2.40. The zero-order chi connectivity index (χ0) is 21.4. The minimum atomic E-state index is -0.785. The predicted molar refractivity (Wildman–Crippen MR) is 112 cm³/mol. The van der Waals surface area contributed by atoms with Crippen molar-refractivity contribution in [3.8, 4) is 0 Å². The largest absolute Gasteiger partial charge is 0.387 e. The Balaban J connectivity index is 1.48. The van der Waals surface area contributed by atoms with E-state index in [0.717, 1.165) is 11.4 Å². The average molecular weight is 434 g/mol. The number of anilines is 1. The molecule has 1 aliphatic heterocycles. The Morgan fingerprint density at radius 3 is 2.70 bits per heavy atom. The fraction of sp³-hybridized carbons (Fsp3) is 0.476. The summed E-state index contributed by atoms with van der Waals surface area (Å²) in [5.74, 6) is -0.267. The van der Waals surface area contributed by atoms with E-state index in [1.54, 1.807) is 6.07 Å². The van der Waals surface area contributed by atoms with Gasteiger partial charge in [-0.15, -0.1) is 0 Å². The molecule has 1 aromatic heterocycles. The van der Waals surface area contributed by atoms with E-state index in [2.05, 4.69) is 21.8 Å². The monoisotopic (exact) mass is 433 g/mol. The maximum Gasteiger partial charge on any atom is 0.135 e. The topological polar surface area (TPSA) is 95.6 Å². The number of halogens is 2. The number of fused-ring (bicyclic) bond motifs is 1. The molecular formula is C21H25ClFN5O2. The van der Waals surface area contributed by atoms with E-state index >= 15 is 0 Å². The Morgan fingerprint density at radius 2 is 2.03 bits per heavy atom. The summed E-state index contributed by atoms with van der Waals surface area (Å²) in [7, 11) is 0. The van der Waals surface area contributed by atoms with E-state index < -0.39 is 24.0 Å². The van der Waals surface area contributed by atoms with Crippen LogP contribution in [0.2, 0.25) is 5.02 Å². The van der Waals surface area contributed by atoms with Crippen LogP contribution >= 0.6 is 11.6 Å². The zero-order valence-corrected chi connectivity index (χ0v) is 17.5. The second-order valence-electron chi connectivity index (χ2n) is 7.99. The van der Waals surface area contributed by atoms with Gasteiger partial charge < -0.3 is 20.5 Å². The number of carbonyl (C=O) groups is 1. The molecule has 1 saturated heterocycles. The number of aldehydes is 1. The van der Waals surface area contributed by atoms with Crippen LogP contribution in [0.3, 0.4) is 0 Å². The number of aliphatic hydroxyl groups is 1. The summed E-state index contributed by atoms with van der Waals surface area (Å²) in [6.07, 6.45) is 1.66. The smallest absolute Gasteiger partial charge is 0.135 e. The van der Waals surface area contributed by atoms with Crippen LogP contribution in [0.15, 0.2) is 24.5 Å². The van der Waals surface area contributed by atoms with Crippen LogP contribution in [0.5, 0.6) is 0 Å². The lowest BCUT2D eigenvalue weighted by Crippen LogP contribution is -2.56. The first-order valence-electron chi connectivity index (χ1n) is 10.1. The second kappa shape index (κ2) is 8.55. The Bertz CT molecular complexity index is 938. The van der Waals surface area contributed by atoms with Crippen LogP contribution in [0, 0.1) is 5.82 Å². The molecule has 160 valence electrons. The van der Waals surface area contributed by atoms with Crippen LogP contribution in [0.1, 0.15) is 48.1 Å². The first-order chi connectivity index (χ1) is 14.4. The second-order valence-corrected chi connectivity index (χ2v) is 8.43. The van der Waals surface area contributed by atoms with Gasteiger partial charge in [-0.1, -0.05) is 24.6 Å². The van der Waals surface area contributed by atoms with Gasteiger partial charge in [-0.3, -0.25) is 4.90 Å². The standard InChI is InChI=1S/C21H25ClFN5O2/c1-12-8-17(30)19-18(12)21(26-11-25-19)28-6-4-27(5-7-28)20(24)15(10-29)14-3-2-13(22)9-16(14)23/h2-3,9-12,15,17,20,30H,4-8,24H2,1H3/t12-,15?,17-,20?/m1/s1. The zero-order valence-electron chi connectivity index (χ0n) is 16.7. The van der Waals surface area contributed by atoms with Crippen molar-refractivity contribution in [3.05, 3.63) is 52.2 Å². The van der Waals surface area contributed by atoms with Gasteiger partial charge >= 0.3 is 0 Å². The van der Waals surface area contributed by atoms with E-state index in [9.17, 15) is 14.3 Å². The number of aromatic nitrogens is 2. The number of nitrogens with two attached hydrogens (primary N) is 1. The summed E-state index contributed by atoms with van der Waals surface area (Å²) in [4.78, 5) is 24.7. The molecule has 7 nitrogen and oxygen atoms in total. The fourth-order valence-corrected chi connectivity index (χ4v) is 4.68. The summed E-state index contributed by atoms with van der Waals surface area (Å²) in [5, 5.41) is 10.5. The van der Waals surface area contributed by atoms with E-state index in [4.69, 9.17) is 17.3 Å². The number of aliphatic hydroxyl groups excluding tert-OH is 1. The minimum absolute atomic E-state index is 0.193. The van der Waals surface area contributed by atoms with E-state index in [-0.39, 0.29) is 16.5 Å². The number of benzene rings is 1. The first kappa shape index (κ1) is 21.1. The van der Waals surface area contributed by atoms with Crippen molar-refractivity contribution < 1.29 is 14.3 Å². The van der Waals surface area contributed by atoms with Gasteiger partial charge in [0.05, 0.1) is 23.9 Å². The molecule has 0 saturated carbocycles. The molecule has 1 aliphatic carbocycles. The molecule has 0 spiro atoms. The highest BCUT2D eigenvalue weighted by Gasteiger charge is 2.35. The molecule has 0 amide bonds. The molecule has 4 rings (SSSR count). The molecule has 2 aliphatic rings. The lowest BCUT2D eigenvalue weighted by molar-refractivity contribution is -0.110. The predicted octanol–water partition coefficient (Wildman–Crippen LogP) is 2.20. The molecule has 0 bridgehead atoms. The van der Waals surface area contributed by atoms with Gasteiger partial charge in [0.25, 0.3) is 0 Å². The molecule has 2 heterocycles. The summed E-state index contributed by atoms with van der Waals surface area (Å²) in [5.41, 5.74) is 8.35. The van der Waals surface area contributed by atoms with Gasteiger partial charge in [0, 0.05) is 42.3 Å². The van der Waals surface area contributed by atoms with Crippen molar-refractivity contribution in [3.63, 3.8) is 0 Å². The number of rotatable bonds is 5. The third-order valence-electron chi connectivity index (χ3n) is 6.15. The van der Waals surface area contributed by atoms with Gasteiger partial charge in [-0.05, 0) is 24.5 Å². The Kier molecular flexibility index (Phi) is 6.02. The maximum atomic E-state index is 14.3. The average Bonchev–Trinajstić information content (AvgIpc) is 3.04. The van der Waals surface area contributed by atoms with Crippen LogP contribution in [0.25, 0.3) is 0 Å². The molecular weight excluding hydrogens is 409 g/mol. The minimum Gasteiger partial charge on any atom is -0.387 e. The molecule has 30 heavy (non-hydrogen) atoms. The molecule has 9 heteroatoms. The van der Waals surface area contributed by atoms with E-state index in [0.29, 0.717) is 44.6 Å². The highest BCUT2D eigenvalue weighted by atomic mass is 35.5. The number of hydrogen-bond donors (Lipinski definition) is 2. The fourth-order valence-electron chi connectivity index (χ4n) is 4.52. The summed E-state index contributed by atoms with van der Waals surface area (Å²) < 4.78 is 14.3. The third kappa shape index (κ3) is 3.80. The maximum absolute atomic E-state index is 14.3. The van der Waals surface area contributed by atoms with Crippen molar-refractivity contribution in [2.45, 2.75) is 37.5 Å². The highest BCUT2D eigenvalue weighted by Crippen LogP contribution is 2.42. The van der Waals surface area contributed by atoms with Crippen molar-refractivity contribution in [1.82, 2.24) is 14.9 Å². The van der Waals surface area contributed by atoms with Crippen molar-refractivity contribution >= 4 is 23.7 Å². The van der Waals surface area contributed by atoms with Gasteiger partial charge in [0.15, 0.2) is 0 Å². The quantitative estimate of drug-likeness (QED) is 0.698. The SMILES string of the molecule is C[C@@H]1C[C@@H](O)c2ncnc(N3CCN(C(N)C(C=O)c4ccc(Cl)cc4F)CC3)c21. The molecule has 2 aromatic rings. The number of hydrogen-bond acceptors (Lipinski definition) is 7. The Labute approximate surface area is 179 Å². The number of piperazine rings is 1. The number of carbonyl (C=O) groups excluding carboxylic acids is 1. The van der Waals surface area contributed by atoms with Crippen molar-refractivity contribution in [2.75, 3.05) is 31.1 Å². The van der Waals surface area contributed by atoms with Crippen LogP contribution < -0.4 is 10.6 Å². The Hall–Kier alpha value is -2.13. The molecule has 3 N–H and O–H groups in total. The van der Waals surface area contributed by atoms with Crippen molar-refractivity contribution in [1.29, 1.82) is 0 Å². The van der Waals surface area contributed by atoms with Crippen LogP contribution in [0.4, 0.5) is 10.2 Å².